The van der Waals surface area contributed by atoms with Crippen molar-refractivity contribution < 1.29 is 0 Å². The molecule has 1 aliphatic carbocycles. The molecule has 2 rings (SSSR count). The molecule has 1 fully saturated rings. The topological polar surface area (TPSA) is 28.2 Å². The first-order valence-corrected chi connectivity index (χ1v) is 7.40. The van der Waals surface area contributed by atoms with Crippen molar-refractivity contribution in [3.63, 3.8) is 0 Å². The Bertz CT molecular complexity index is 346. The van der Waals surface area contributed by atoms with E-state index in [4.69, 9.17) is 0 Å². The lowest BCUT2D eigenvalue weighted by molar-refractivity contribution is 0.559. The lowest BCUT2D eigenvalue weighted by Crippen LogP contribution is -2.23. The molecule has 0 spiro atoms. The van der Waals surface area contributed by atoms with E-state index in [0.29, 0.717) is 0 Å². The summed E-state index contributed by atoms with van der Waals surface area (Å²) in [7, 11) is 2.14. The molecule has 1 unspecified atom stereocenters. The monoisotopic (exact) mass is 253 g/mol. The second kappa shape index (κ2) is 5.83. The van der Waals surface area contributed by atoms with Crippen LogP contribution in [-0.4, -0.2) is 24.6 Å². The van der Waals surface area contributed by atoms with Crippen LogP contribution in [0.15, 0.2) is 6.20 Å². The first-order valence-electron chi connectivity index (χ1n) is 6.58. The minimum atomic E-state index is 0.733. The highest BCUT2D eigenvalue weighted by Gasteiger charge is 2.20. The second-order valence-electron chi connectivity index (χ2n) is 5.16. The lowest BCUT2D eigenvalue weighted by Gasteiger charge is -2.19. The number of thiazole rings is 1. The van der Waals surface area contributed by atoms with E-state index in [1.807, 2.05) is 17.5 Å². The molecule has 0 saturated heterocycles. The maximum absolute atomic E-state index is 4.51. The van der Waals surface area contributed by atoms with Crippen LogP contribution in [0.5, 0.6) is 0 Å². The Morgan fingerprint density at radius 3 is 3.00 bits per heavy atom. The van der Waals surface area contributed by atoms with Gasteiger partial charge in [0.15, 0.2) is 5.13 Å². The van der Waals surface area contributed by atoms with E-state index in [1.165, 1.54) is 24.1 Å². The van der Waals surface area contributed by atoms with Gasteiger partial charge in [0.05, 0.1) is 0 Å². The van der Waals surface area contributed by atoms with E-state index in [0.717, 1.165) is 30.2 Å². The molecule has 1 atom stereocenters. The summed E-state index contributed by atoms with van der Waals surface area (Å²) in [5.74, 6) is 0.733. The molecule has 1 aromatic rings. The zero-order chi connectivity index (χ0) is 12.3. The predicted molar refractivity (Wildman–Crippen MR) is 74.7 cm³/mol. The molecule has 0 bridgehead atoms. The highest BCUT2D eigenvalue weighted by atomic mass is 32.1. The molecule has 1 N–H and O–H groups in total. The summed E-state index contributed by atoms with van der Waals surface area (Å²) < 4.78 is 0. The molecular weight excluding hydrogens is 230 g/mol. The summed E-state index contributed by atoms with van der Waals surface area (Å²) in [5.41, 5.74) is 0. The molecule has 1 aliphatic rings. The van der Waals surface area contributed by atoms with Crippen molar-refractivity contribution >= 4 is 16.5 Å². The molecule has 0 aromatic carbocycles. The molecule has 0 amide bonds. The van der Waals surface area contributed by atoms with Gasteiger partial charge >= 0.3 is 0 Å². The van der Waals surface area contributed by atoms with Gasteiger partial charge in [-0.3, -0.25) is 0 Å². The van der Waals surface area contributed by atoms with Gasteiger partial charge in [0.2, 0.25) is 0 Å². The molecule has 1 saturated carbocycles. The number of anilines is 1. The molecule has 17 heavy (non-hydrogen) atoms. The molecule has 0 radical (unpaired) electrons. The zero-order valence-electron chi connectivity index (χ0n) is 11.1. The maximum atomic E-state index is 4.51. The van der Waals surface area contributed by atoms with Gasteiger partial charge in [-0.1, -0.05) is 20.3 Å². The van der Waals surface area contributed by atoms with Gasteiger partial charge in [0.25, 0.3) is 0 Å². The van der Waals surface area contributed by atoms with E-state index >= 15 is 0 Å². The third-order valence-corrected chi connectivity index (χ3v) is 4.40. The summed E-state index contributed by atoms with van der Waals surface area (Å²) in [4.78, 5) is 8.13. The third-order valence-electron chi connectivity index (χ3n) is 3.29. The van der Waals surface area contributed by atoms with Gasteiger partial charge in [-0.05, 0) is 18.8 Å². The summed E-state index contributed by atoms with van der Waals surface area (Å²) >= 11 is 1.82. The predicted octanol–water partition coefficient (Wildman–Crippen LogP) is 2.88. The molecule has 1 aromatic heterocycles. The van der Waals surface area contributed by atoms with Gasteiger partial charge < -0.3 is 10.2 Å². The first kappa shape index (κ1) is 12.8. The summed E-state index contributed by atoms with van der Waals surface area (Å²) in [6.07, 6.45) is 5.94. The molecule has 0 aliphatic heterocycles. The van der Waals surface area contributed by atoms with Crippen LogP contribution in [0.4, 0.5) is 5.13 Å². The Kier molecular flexibility index (Phi) is 4.40. The summed E-state index contributed by atoms with van der Waals surface area (Å²) in [6.45, 7) is 6.62. The van der Waals surface area contributed by atoms with Crippen LogP contribution in [-0.2, 0) is 6.54 Å². The van der Waals surface area contributed by atoms with Gasteiger partial charge in [0, 0.05) is 37.3 Å². The van der Waals surface area contributed by atoms with Crippen molar-refractivity contribution in [1.29, 1.82) is 0 Å². The number of nitrogens with zero attached hydrogens (tertiary/aromatic N) is 2. The number of hydrogen-bond acceptors (Lipinski definition) is 4. The van der Waals surface area contributed by atoms with E-state index < -0.39 is 0 Å². The van der Waals surface area contributed by atoms with Crippen molar-refractivity contribution in [1.82, 2.24) is 10.3 Å². The van der Waals surface area contributed by atoms with Crippen LogP contribution >= 0.6 is 11.3 Å². The summed E-state index contributed by atoms with van der Waals surface area (Å²) in [6, 6.07) is 0.776. The van der Waals surface area contributed by atoms with Crippen LogP contribution in [0, 0.1) is 5.92 Å². The Balaban J connectivity index is 1.82. The van der Waals surface area contributed by atoms with Crippen molar-refractivity contribution in [3.8, 4) is 0 Å². The maximum Gasteiger partial charge on any atom is 0.185 e. The Labute approximate surface area is 108 Å². The fraction of sp³-hybridized carbons (Fsp3) is 0.769. The van der Waals surface area contributed by atoms with Crippen LogP contribution < -0.4 is 10.2 Å². The van der Waals surface area contributed by atoms with Crippen LogP contribution in [0.1, 0.15) is 38.0 Å². The number of nitrogens with one attached hydrogen (secondary N) is 1. The van der Waals surface area contributed by atoms with Gasteiger partial charge in [0.1, 0.15) is 0 Å². The van der Waals surface area contributed by atoms with Gasteiger partial charge in [-0.25, -0.2) is 4.98 Å². The quantitative estimate of drug-likeness (QED) is 0.810. The Morgan fingerprint density at radius 1 is 1.59 bits per heavy atom. The van der Waals surface area contributed by atoms with Crippen LogP contribution in [0.2, 0.25) is 0 Å². The molecule has 96 valence electrons. The third kappa shape index (κ3) is 3.96. The number of aromatic nitrogens is 1. The fourth-order valence-corrected chi connectivity index (χ4v) is 2.59. The van der Waals surface area contributed by atoms with Gasteiger partial charge in [-0.15, -0.1) is 11.3 Å². The minimum Gasteiger partial charge on any atom is -0.351 e. The fourth-order valence-electron chi connectivity index (χ4n) is 1.76. The molecule has 1 heterocycles. The highest BCUT2D eigenvalue weighted by Crippen LogP contribution is 2.24. The molecular formula is C13H23N3S. The average molecular weight is 253 g/mol. The number of rotatable bonds is 7. The first-order chi connectivity index (χ1) is 8.19. The van der Waals surface area contributed by atoms with Crippen molar-refractivity contribution in [3.05, 3.63) is 11.1 Å². The van der Waals surface area contributed by atoms with Crippen molar-refractivity contribution in [2.24, 2.45) is 5.92 Å². The zero-order valence-corrected chi connectivity index (χ0v) is 11.9. The van der Waals surface area contributed by atoms with Crippen LogP contribution in [0.25, 0.3) is 0 Å². The SMILES string of the molecule is CCC(C)CN(C)c1ncc(CNC2CC2)s1. The lowest BCUT2D eigenvalue weighted by atomic mass is 10.1. The standard InChI is InChI=1S/C13H23N3S/c1-4-10(2)9-16(3)13-15-8-12(17-13)7-14-11-5-6-11/h8,10-11,14H,4-7,9H2,1-3H3. The van der Waals surface area contributed by atoms with E-state index in [2.05, 4.69) is 36.1 Å². The van der Waals surface area contributed by atoms with E-state index in [-0.39, 0.29) is 0 Å². The van der Waals surface area contributed by atoms with Gasteiger partial charge in [-0.2, -0.15) is 0 Å². The Morgan fingerprint density at radius 2 is 2.35 bits per heavy atom. The van der Waals surface area contributed by atoms with Crippen molar-refractivity contribution in [2.45, 2.75) is 45.7 Å². The van der Waals surface area contributed by atoms with Crippen LogP contribution in [0.3, 0.4) is 0 Å². The highest BCUT2D eigenvalue weighted by molar-refractivity contribution is 7.15. The minimum absolute atomic E-state index is 0.733. The largest absolute Gasteiger partial charge is 0.351 e. The average Bonchev–Trinajstić information content (AvgIpc) is 3.03. The summed E-state index contributed by atoms with van der Waals surface area (Å²) in [5, 5.41) is 4.68. The van der Waals surface area contributed by atoms with E-state index in [9.17, 15) is 0 Å². The van der Waals surface area contributed by atoms with E-state index in [1.54, 1.807) is 0 Å². The van der Waals surface area contributed by atoms with Crippen molar-refractivity contribution in [2.75, 3.05) is 18.5 Å². The molecule has 4 heteroatoms. The Hall–Kier alpha value is -0.610. The second-order valence-corrected chi connectivity index (χ2v) is 6.25. The smallest absolute Gasteiger partial charge is 0.185 e. The molecule has 3 nitrogen and oxygen atoms in total. The normalized spacial score (nSPS) is 17.1. The number of hydrogen-bond donors (Lipinski definition) is 1.